The Labute approximate surface area is 99.8 Å². The quantitative estimate of drug-likeness (QED) is 0.648. The minimum atomic E-state index is 0.311. The number of hydrogen-bond donors (Lipinski definition) is 0. The van der Waals surface area contributed by atoms with E-state index in [1.807, 2.05) is 11.8 Å². The van der Waals surface area contributed by atoms with Crippen LogP contribution in [0.4, 0.5) is 0 Å². The molecule has 0 aromatic heterocycles. The molecule has 16 heavy (non-hydrogen) atoms. The smallest absolute Gasteiger partial charge is 0.222 e. The van der Waals surface area contributed by atoms with Crippen LogP contribution in [-0.2, 0) is 4.79 Å². The van der Waals surface area contributed by atoms with Crippen molar-refractivity contribution in [3.63, 3.8) is 0 Å². The van der Waals surface area contributed by atoms with Crippen LogP contribution in [0.2, 0.25) is 0 Å². The highest BCUT2D eigenvalue weighted by molar-refractivity contribution is 5.75. The van der Waals surface area contributed by atoms with E-state index in [0.717, 1.165) is 26.2 Å². The van der Waals surface area contributed by atoms with Gasteiger partial charge in [-0.15, -0.1) is 0 Å². The van der Waals surface area contributed by atoms with Gasteiger partial charge < -0.3 is 4.90 Å². The first-order valence-corrected chi connectivity index (χ1v) is 6.78. The fraction of sp³-hybridized carbons (Fsp3) is 0.923. The van der Waals surface area contributed by atoms with E-state index in [4.69, 9.17) is 0 Å². The van der Waals surface area contributed by atoms with E-state index >= 15 is 0 Å². The molecule has 1 rings (SSSR count). The summed E-state index contributed by atoms with van der Waals surface area (Å²) >= 11 is 0. The van der Waals surface area contributed by atoms with Gasteiger partial charge in [-0.1, -0.05) is 33.1 Å². The Morgan fingerprint density at radius 1 is 1.00 bits per heavy atom. The summed E-state index contributed by atoms with van der Waals surface area (Å²) in [6, 6.07) is 0. The summed E-state index contributed by atoms with van der Waals surface area (Å²) in [5.74, 6) is 0.311. The summed E-state index contributed by atoms with van der Waals surface area (Å²) in [6.07, 6.45) is 5.98. The first-order valence-electron chi connectivity index (χ1n) is 6.78. The lowest BCUT2D eigenvalue weighted by Crippen LogP contribution is -2.48. The van der Waals surface area contributed by atoms with Crippen LogP contribution in [0.25, 0.3) is 0 Å². The maximum atomic E-state index is 11.5. The predicted molar refractivity (Wildman–Crippen MR) is 67.5 cm³/mol. The molecule has 0 aromatic rings. The molecule has 1 saturated heterocycles. The topological polar surface area (TPSA) is 23.6 Å². The lowest BCUT2D eigenvalue weighted by Gasteiger charge is -2.34. The maximum Gasteiger partial charge on any atom is 0.222 e. The average molecular weight is 226 g/mol. The summed E-state index contributed by atoms with van der Waals surface area (Å²) in [5, 5.41) is 0. The molecule has 0 N–H and O–H groups in total. The molecule has 0 bridgehead atoms. The zero-order chi connectivity index (χ0) is 11.8. The summed E-state index contributed by atoms with van der Waals surface area (Å²) in [4.78, 5) is 16.0. The van der Waals surface area contributed by atoms with Crippen LogP contribution >= 0.6 is 0 Å². The van der Waals surface area contributed by atoms with E-state index in [1.165, 1.54) is 32.2 Å². The molecule has 3 heteroatoms. The second-order valence-electron chi connectivity index (χ2n) is 4.64. The van der Waals surface area contributed by atoms with E-state index < -0.39 is 0 Å². The molecule has 1 amide bonds. The standard InChI is InChI=1S/C13H26N2O/c1-3-5-6-7-8-14-9-11-15(12-10-14)13(16)4-2/h3-12H2,1-2H3. The molecule has 1 heterocycles. The average Bonchev–Trinajstić information content (AvgIpc) is 2.34. The van der Waals surface area contributed by atoms with Crippen molar-refractivity contribution in [3.8, 4) is 0 Å². The van der Waals surface area contributed by atoms with Crippen LogP contribution in [0.3, 0.4) is 0 Å². The highest BCUT2D eigenvalue weighted by Crippen LogP contribution is 2.06. The van der Waals surface area contributed by atoms with Gasteiger partial charge in [-0.05, 0) is 13.0 Å². The lowest BCUT2D eigenvalue weighted by atomic mass is 10.2. The van der Waals surface area contributed by atoms with Gasteiger partial charge in [-0.2, -0.15) is 0 Å². The third kappa shape index (κ3) is 4.52. The highest BCUT2D eigenvalue weighted by atomic mass is 16.2. The van der Waals surface area contributed by atoms with E-state index in [1.54, 1.807) is 0 Å². The monoisotopic (exact) mass is 226 g/mol. The molecule has 3 nitrogen and oxygen atoms in total. The van der Waals surface area contributed by atoms with Gasteiger partial charge in [0.25, 0.3) is 0 Å². The van der Waals surface area contributed by atoms with Gasteiger partial charge >= 0.3 is 0 Å². The highest BCUT2D eigenvalue weighted by Gasteiger charge is 2.18. The number of unbranched alkanes of at least 4 members (excludes halogenated alkanes) is 3. The van der Waals surface area contributed by atoms with Crippen molar-refractivity contribution in [2.45, 2.75) is 46.0 Å². The molecule has 0 saturated carbocycles. The first kappa shape index (κ1) is 13.5. The number of piperazine rings is 1. The van der Waals surface area contributed by atoms with E-state index in [0.29, 0.717) is 12.3 Å². The molecule has 1 aliphatic heterocycles. The zero-order valence-electron chi connectivity index (χ0n) is 10.9. The van der Waals surface area contributed by atoms with Crippen molar-refractivity contribution < 1.29 is 4.79 Å². The molecule has 94 valence electrons. The van der Waals surface area contributed by atoms with Crippen LogP contribution < -0.4 is 0 Å². The number of hydrogen-bond acceptors (Lipinski definition) is 2. The number of rotatable bonds is 6. The molecule has 0 aromatic carbocycles. The van der Waals surface area contributed by atoms with Gasteiger partial charge in [-0.25, -0.2) is 0 Å². The van der Waals surface area contributed by atoms with Crippen molar-refractivity contribution in [1.82, 2.24) is 9.80 Å². The van der Waals surface area contributed by atoms with Crippen molar-refractivity contribution in [2.75, 3.05) is 32.7 Å². The third-order valence-electron chi connectivity index (χ3n) is 3.36. The normalized spacial score (nSPS) is 17.8. The largest absolute Gasteiger partial charge is 0.340 e. The van der Waals surface area contributed by atoms with Crippen molar-refractivity contribution in [1.29, 1.82) is 0 Å². The predicted octanol–water partition coefficient (Wildman–Crippen LogP) is 2.12. The van der Waals surface area contributed by atoms with Crippen LogP contribution in [0, 0.1) is 0 Å². The Kier molecular flexibility index (Phi) is 6.46. The van der Waals surface area contributed by atoms with Crippen LogP contribution in [-0.4, -0.2) is 48.4 Å². The van der Waals surface area contributed by atoms with E-state index in [-0.39, 0.29) is 0 Å². The number of carbonyl (C=O) groups excluding carboxylic acids is 1. The third-order valence-corrected chi connectivity index (χ3v) is 3.36. The molecule has 0 unspecified atom stereocenters. The van der Waals surface area contributed by atoms with Crippen molar-refractivity contribution in [3.05, 3.63) is 0 Å². The number of carbonyl (C=O) groups is 1. The Balaban J connectivity index is 2.10. The summed E-state index contributed by atoms with van der Waals surface area (Å²) < 4.78 is 0. The van der Waals surface area contributed by atoms with Crippen LogP contribution in [0.15, 0.2) is 0 Å². The van der Waals surface area contributed by atoms with E-state index in [9.17, 15) is 4.79 Å². The minimum Gasteiger partial charge on any atom is -0.340 e. The first-order chi connectivity index (χ1) is 7.77. The maximum absolute atomic E-state index is 11.5. The fourth-order valence-corrected chi connectivity index (χ4v) is 2.21. The van der Waals surface area contributed by atoms with Crippen LogP contribution in [0.1, 0.15) is 46.0 Å². The van der Waals surface area contributed by atoms with Crippen molar-refractivity contribution >= 4 is 5.91 Å². The summed E-state index contributed by atoms with van der Waals surface area (Å²) in [6.45, 7) is 9.40. The number of nitrogens with zero attached hydrogens (tertiary/aromatic N) is 2. The molecule has 0 spiro atoms. The summed E-state index contributed by atoms with van der Waals surface area (Å²) in [7, 11) is 0. The number of amides is 1. The SMILES string of the molecule is CCCCCCN1CCN(C(=O)CC)CC1. The van der Waals surface area contributed by atoms with Gasteiger partial charge in [0.15, 0.2) is 0 Å². The Morgan fingerprint density at radius 3 is 2.25 bits per heavy atom. The molecule has 0 atom stereocenters. The zero-order valence-corrected chi connectivity index (χ0v) is 10.9. The van der Waals surface area contributed by atoms with Crippen LogP contribution in [0.5, 0.6) is 0 Å². The van der Waals surface area contributed by atoms with Gasteiger partial charge in [0.05, 0.1) is 0 Å². The van der Waals surface area contributed by atoms with Gasteiger partial charge in [0, 0.05) is 32.6 Å². The molecule has 1 aliphatic rings. The lowest BCUT2D eigenvalue weighted by molar-refractivity contribution is -0.132. The molecule has 0 radical (unpaired) electrons. The van der Waals surface area contributed by atoms with Gasteiger partial charge in [-0.3, -0.25) is 9.69 Å². The van der Waals surface area contributed by atoms with Gasteiger partial charge in [0.2, 0.25) is 5.91 Å². The van der Waals surface area contributed by atoms with E-state index in [2.05, 4.69) is 11.8 Å². The Bertz CT molecular complexity index is 198. The second kappa shape index (κ2) is 7.66. The van der Waals surface area contributed by atoms with Crippen molar-refractivity contribution in [2.24, 2.45) is 0 Å². The second-order valence-corrected chi connectivity index (χ2v) is 4.64. The van der Waals surface area contributed by atoms with Gasteiger partial charge in [0.1, 0.15) is 0 Å². The fourth-order valence-electron chi connectivity index (χ4n) is 2.21. The molecule has 1 fully saturated rings. The molecular formula is C13H26N2O. The Morgan fingerprint density at radius 2 is 1.69 bits per heavy atom. The molecular weight excluding hydrogens is 200 g/mol. The molecule has 0 aliphatic carbocycles. The summed E-state index contributed by atoms with van der Waals surface area (Å²) in [5.41, 5.74) is 0. The Hall–Kier alpha value is -0.570. The minimum absolute atomic E-state index is 0.311.